The number of esters is 2. The van der Waals surface area contributed by atoms with Crippen molar-refractivity contribution in [1.82, 2.24) is 0 Å². The Balaban J connectivity index is 3.39. The Morgan fingerprint density at radius 2 is 1.71 bits per heavy atom. The first-order valence-corrected chi connectivity index (χ1v) is 6.67. The van der Waals surface area contributed by atoms with Gasteiger partial charge in [0.2, 0.25) is 0 Å². The van der Waals surface area contributed by atoms with E-state index < -0.39 is 17.0 Å². The first-order valence-electron chi connectivity index (χ1n) is 5.43. The fourth-order valence-electron chi connectivity index (χ4n) is 1.04. The monoisotopic (exact) mass is 265 g/mol. The van der Waals surface area contributed by atoms with Crippen LogP contribution in [0.2, 0.25) is 0 Å². The predicted octanol–water partition coefficient (Wildman–Crippen LogP) is 0.532. The standard InChI is InChI=1S/C10H18O6S/c1-2-15-9(11)5-3-7-16-10(12)6-4-8-17(13)14/h2-8H2,1H3,(H,13,14)/p-1. The van der Waals surface area contributed by atoms with Crippen molar-refractivity contribution in [1.29, 1.82) is 0 Å². The molecule has 0 heterocycles. The minimum atomic E-state index is -2.12. The molecule has 100 valence electrons. The number of ether oxygens (including phenoxy) is 2. The molecule has 0 aromatic carbocycles. The largest absolute Gasteiger partial charge is 0.772 e. The zero-order valence-electron chi connectivity index (χ0n) is 9.81. The molecule has 0 N–H and O–H groups in total. The summed E-state index contributed by atoms with van der Waals surface area (Å²) in [6, 6.07) is 0. The van der Waals surface area contributed by atoms with Crippen molar-refractivity contribution in [3.8, 4) is 0 Å². The van der Waals surface area contributed by atoms with Gasteiger partial charge in [-0.3, -0.25) is 13.8 Å². The topological polar surface area (TPSA) is 92.7 Å². The fraction of sp³-hybridized carbons (Fsp3) is 0.800. The molecule has 17 heavy (non-hydrogen) atoms. The number of carbonyl (C=O) groups is 2. The van der Waals surface area contributed by atoms with Crippen molar-refractivity contribution < 1.29 is 27.8 Å². The van der Waals surface area contributed by atoms with E-state index in [1.54, 1.807) is 6.92 Å². The average molecular weight is 265 g/mol. The van der Waals surface area contributed by atoms with Gasteiger partial charge in [0.05, 0.1) is 13.2 Å². The molecule has 0 radical (unpaired) electrons. The van der Waals surface area contributed by atoms with Crippen LogP contribution in [0.1, 0.15) is 32.6 Å². The summed E-state index contributed by atoms with van der Waals surface area (Å²) in [4.78, 5) is 22.0. The third-order valence-electron chi connectivity index (χ3n) is 1.79. The lowest BCUT2D eigenvalue weighted by Gasteiger charge is -2.06. The van der Waals surface area contributed by atoms with Crippen molar-refractivity contribution in [2.75, 3.05) is 19.0 Å². The summed E-state index contributed by atoms with van der Waals surface area (Å²) in [5.41, 5.74) is 0. The van der Waals surface area contributed by atoms with Gasteiger partial charge in [0.25, 0.3) is 0 Å². The highest BCUT2D eigenvalue weighted by molar-refractivity contribution is 7.79. The summed E-state index contributed by atoms with van der Waals surface area (Å²) >= 11 is -2.12. The van der Waals surface area contributed by atoms with Crippen LogP contribution in [0.4, 0.5) is 0 Å². The van der Waals surface area contributed by atoms with Crippen molar-refractivity contribution >= 4 is 23.0 Å². The molecule has 0 spiro atoms. The number of rotatable bonds is 9. The molecule has 0 fully saturated rings. The fourth-order valence-corrected chi connectivity index (χ4v) is 1.42. The van der Waals surface area contributed by atoms with Crippen molar-refractivity contribution in [2.24, 2.45) is 0 Å². The number of carbonyl (C=O) groups excluding carboxylic acids is 2. The summed E-state index contributed by atoms with van der Waals surface area (Å²) in [6.07, 6.45) is 0.962. The minimum Gasteiger partial charge on any atom is -0.772 e. The molecule has 0 saturated heterocycles. The highest BCUT2D eigenvalue weighted by Crippen LogP contribution is 1.98. The Hall–Kier alpha value is -0.950. The lowest BCUT2D eigenvalue weighted by atomic mass is 10.3. The van der Waals surface area contributed by atoms with E-state index in [9.17, 15) is 18.4 Å². The Kier molecular flexibility index (Phi) is 9.65. The smallest absolute Gasteiger partial charge is 0.305 e. The highest BCUT2D eigenvalue weighted by Gasteiger charge is 2.04. The highest BCUT2D eigenvalue weighted by atomic mass is 32.2. The number of hydrogen-bond acceptors (Lipinski definition) is 6. The van der Waals surface area contributed by atoms with Crippen molar-refractivity contribution in [3.63, 3.8) is 0 Å². The van der Waals surface area contributed by atoms with Gasteiger partial charge in [0.1, 0.15) is 0 Å². The van der Waals surface area contributed by atoms with Gasteiger partial charge in [0, 0.05) is 18.6 Å². The van der Waals surface area contributed by atoms with Crippen LogP contribution >= 0.6 is 0 Å². The van der Waals surface area contributed by atoms with E-state index in [2.05, 4.69) is 0 Å². The van der Waals surface area contributed by atoms with Gasteiger partial charge in [0.15, 0.2) is 0 Å². The predicted molar refractivity (Wildman–Crippen MR) is 59.8 cm³/mol. The van der Waals surface area contributed by atoms with E-state index in [0.717, 1.165) is 0 Å². The Morgan fingerprint density at radius 1 is 1.12 bits per heavy atom. The number of hydrogen-bond donors (Lipinski definition) is 0. The molecule has 0 rings (SSSR count). The lowest BCUT2D eigenvalue weighted by molar-refractivity contribution is -0.147. The van der Waals surface area contributed by atoms with Crippen LogP contribution in [0.25, 0.3) is 0 Å². The summed E-state index contributed by atoms with van der Waals surface area (Å²) in [7, 11) is 0. The first kappa shape index (κ1) is 16.1. The van der Waals surface area contributed by atoms with Crippen LogP contribution in [-0.2, 0) is 30.1 Å². The summed E-state index contributed by atoms with van der Waals surface area (Å²) in [5, 5.41) is 0. The second-order valence-electron chi connectivity index (χ2n) is 3.24. The van der Waals surface area contributed by atoms with E-state index in [1.807, 2.05) is 0 Å². The maximum atomic E-state index is 11.1. The Labute approximate surface area is 103 Å². The van der Waals surface area contributed by atoms with Crippen LogP contribution in [0.5, 0.6) is 0 Å². The van der Waals surface area contributed by atoms with Gasteiger partial charge < -0.3 is 14.0 Å². The Bertz CT molecular complexity index is 266. The van der Waals surface area contributed by atoms with Crippen LogP contribution in [0.3, 0.4) is 0 Å². The molecule has 0 aliphatic heterocycles. The summed E-state index contributed by atoms with van der Waals surface area (Å²) in [6.45, 7) is 2.21. The SMILES string of the molecule is CCOC(=O)CCCOC(=O)CCCS(=O)[O-]. The van der Waals surface area contributed by atoms with Crippen molar-refractivity contribution in [2.45, 2.75) is 32.6 Å². The van der Waals surface area contributed by atoms with E-state index >= 15 is 0 Å². The van der Waals surface area contributed by atoms with Crippen LogP contribution < -0.4 is 0 Å². The molecule has 6 nitrogen and oxygen atoms in total. The van der Waals surface area contributed by atoms with Gasteiger partial charge >= 0.3 is 11.9 Å². The van der Waals surface area contributed by atoms with E-state index in [1.165, 1.54) is 0 Å². The molecule has 0 aromatic rings. The van der Waals surface area contributed by atoms with E-state index in [4.69, 9.17) is 9.47 Å². The molecule has 0 saturated carbocycles. The summed E-state index contributed by atoms with van der Waals surface area (Å²) < 4.78 is 29.8. The maximum absolute atomic E-state index is 11.1. The third kappa shape index (κ3) is 11.3. The van der Waals surface area contributed by atoms with E-state index in [-0.39, 0.29) is 37.6 Å². The molecular formula is C10H17O6S-. The van der Waals surface area contributed by atoms with Crippen LogP contribution in [0.15, 0.2) is 0 Å². The zero-order chi connectivity index (χ0) is 13.1. The molecule has 0 amide bonds. The van der Waals surface area contributed by atoms with Gasteiger partial charge in [-0.05, 0) is 19.8 Å². The van der Waals surface area contributed by atoms with E-state index in [0.29, 0.717) is 13.0 Å². The second kappa shape index (κ2) is 10.2. The third-order valence-corrected chi connectivity index (χ3v) is 2.41. The maximum Gasteiger partial charge on any atom is 0.305 e. The zero-order valence-corrected chi connectivity index (χ0v) is 10.6. The van der Waals surface area contributed by atoms with Gasteiger partial charge in [-0.15, -0.1) is 0 Å². The Morgan fingerprint density at radius 3 is 2.29 bits per heavy atom. The van der Waals surface area contributed by atoms with Gasteiger partial charge in [-0.1, -0.05) is 11.1 Å². The average Bonchev–Trinajstić information content (AvgIpc) is 2.24. The molecule has 7 heteroatoms. The normalized spacial score (nSPS) is 11.9. The first-order chi connectivity index (χ1) is 8.06. The van der Waals surface area contributed by atoms with Crippen molar-refractivity contribution in [3.05, 3.63) is 0 Å². The van der Waals surface area contributed by atoms with Gasteiger partial charge in [-0.2, -0.15) is 0 Å². The molecular weight excluding hydrogens is 248 g/mol. The molecule has 0 aliphatic rings. The lowest BCUT2D eigenvalue weighted by Crippen LogP contribution is -2.10. The van der Waals surface area contributed by atoms with Gasteiger partial charge in [-0.25, -0.2) is 0 Å². The molecule has 0 bridgehead atoms. The molecule has 1 atom stereocenters. The molecule has 0 aromatic heterocycles. The molecule has 0 aliphatic carbocycles. The minimum absolute atomic E-state index is 0.0437. The van der Waals surface area contributed by atoms with Crippen LogP contribution in [-0.4, -0.2) is 39.7 Å². The molecule has 1 unspecified atom stereocenters. The second-order valence-corrected chi connectivity index (χ2v) is 4.26. The quantitative estimate of drug-likeness (QED) is 0.343. The summed E-state index contributed by atoms with van der Waals surface area (Å²) in [5.74, 6) is -0.803. The van der Waals surface area contributed by atoms with Crippen LogP contribution in [0, 0.1) is 0 Å².